The summed E-state index contributed by atoms with van der Waals surface area (Å²) in [6.07, 6.45) is 0.972. The van der Waals surface area contributed by atoms with Gasteiger partial charge in [0.05, 0.1) is 5.56 Å². The Kier molecular flexibility index (Phi) is 2.74. The van der Waals surface area contributed by atoms with E-state index < -0.39 is 11.8 Å². The van der Waals surface area contributed by atoms with E-state index in [0.717, 1.165) is 6.39 Å². The Morgan fingerprint density at radius 1 is 1.50 bits per heavy atom. The summed E-state index contributed by atoms with van der Waals surface area (Å²) in [5, 5.41) is 8.81. The predicted octanol–water partition coefficient (Wildman–Crippen LogP) is 2.94. The number of carbonyl (C=O) groups is 1. The van der Waals surface area contributed by atoms with Crippen molar-refractivity contribution in [1.29, 1.82) is 0 Å². The maximum atomic E-state index is 13.5. The Balaban J connectivity index is 2.59. The van der Waals surface area contributed by atoms with Gasteiger partial charge in [-0.3, -0.25) is 0 Å². The van der Waals surface area contributed by atoms with E-state index in [-0.39, 0.29) is 17.0 Å². The number of rotatable bonds is 2. The molecule has 1 aromatic heterocycles. The molecule has 4 nitrogen and oxygen atoms in total. The van der Waals surface area contributed by atoms with E-state index in [0.29, 0.717) is 4.47 Å². The third-order valence-electron chi connectivity index (χ3n) is 1.95. The number of hydrogen-bond donors (Lipinski definition) is 1. The summed E-state index contributed by atoms with van der Waals surface area (Å²) in [7, 11) is 0. The second-order valence-electron chi connectivity index (χ2n) is 2.96. The maximum absolute atomic E-state index is 13.5. The highest BCUT2D eigenvalue weighted by Crippen LogP contribution is 2.27. The van der Waals surface area contributed by atoms with Gasteiger partial charge in [-0.1, -0.05) is 15.9 Å². The normalized spacial score (nSPS) is 10.4. The molecule has 1 N–H and O–H groups in total. The fourth-order valence-electron chi connectivity index (χ4n) is 1.26. The van der Waals surface area contributed by atoms with Crippen molar-refractivity contribution in [3.05, 3.63) is 40.6 Å². The highest BCUT2D eigenvalue weighted by atomic mass is 79.9. The van der Waals surface area contributed by atoms with Crippen LogP contribution in [-0.4, -0.2) is 16.1 Å². The van der Waals surface area contributed by atoms with Crippen LogP contribution in [0.1, 0.15) is 10.5 Å². The van der Waals surface area contributed by atoms with Gasteiger partial charge in [0, 0.05) is 4.47 Å². The molecule has 6 heteroatoms. The monoisotopic (exact) mass is 285 g/mol. The van der Waals surface area contributed by atoms with Crippen molar-refractivity contribution in [2.45, 2.75) is 0 Å². The summed E-state index contributed by atoms with van der Waals surface area (Å²) >= 11 is 3.10. The van der Waals surface area contributed by atoms with Crippen molar-refractivity contribution >= 4 is 21.9 Å². The molecule has 1 heterocycles. The Hall–Kier alpha value is -1.69. The third kappa shape index (κ3) is 1.83. The molecule has 82 valence electrons. The number of benzene rings is 1. The van der Waals surface area contributed by atoms with Crippen molar-refractivity contribution in [2.75, 3.05) is 0 Å². The van der Waals surface area contributed by atoms with E-state index in [2.05, 4.69) is 20.9 Å². The summed E-state index contributed by atoms with van der Waals surface area (Å²) < 4.78 is 19.0. The molecule has 0 aliphatic rings. The van der Waals surface area contributed by atoms with Crippen LogP contribution >= 0.6 is 15.9 Å². The zero-order valence-electron chi connectivity index (χ0n) is 7.78. The molecule has 0 aliphatic carbocycles. The second-order valence-corrected chi connectivity index (χ2v) is 3.88. The number of oxazole rings is 1. The molecular formula is C10H5BrFNO3. The van der Waals surface area contributed by atoms with Gasteiger partial charge in [0.2, 0.25) is 0 Å². The first-order valence-electron chi connectivity index (χ1n) is 4.22. The molecule has 2 rings (SSSR count). The predicted molar refractivity (Wildman–Crippen MR) is 56.6 cm³/mol. The van der Waals surface area contributed by atoms with Crippen LogP contribution in [0.5, 0.6) is 0 Å². The van der Waals surface area contributed by atoms with Gasteiger partial charge in [0.25, 0.3) is 0 Å². The Morgan fingerprint density at radius 3 is 2.88 bits per heavy atom. The number of nitrogens with zero attached hydrogens (tertiary/aromatic N) is 1. The number of carboxylic acid groups (broad SMARTS) is 1. The lowest BCUT2D eigenvalue weighted by molar-refractivity contribution is 0.0691. The summed E-state index contributed by atoms with van der Waals surface area (Å²) in [4.78, 5) is 14.3. The van der Waals surface area contributed by atoms with Crippen LogP contribution in [0.15, 0.2) is 33.5 Å². The van der Waals surface area contributed by atoms with Crippen LogP contribution in [0, 0.1) is 5.82 Å². The van der Waals surface area contributed by atoms with Gasteiger partial charge in [-0.2, -0.15) is 0 Å². The van der Waals surface area contributed by atoms with Crippen LogP contribution in [-0.2, 0) is 0 Å². The van der Waals surface area contributed by atoms with E-state index in [9.17, 15) is 9.18 Å². The van der Waals surface area contributed by atoms with E-state index in [1.54, 1.807) is 6.07 Å². The SMILES string of the molecule is O=C(O)c1ncoc1-c1ccc(Br)cc1F. The van der Waals surface area contributed by atoms with Crippen molar-refractivity contribution in [2.24, 2.45) is 0 Å². The van der Waals surface area contributed by atoms with E-state index in [4.69, 9.17) is 9.52 Å². The molecule has 0 unspecified atom stereocenters. The van der Waals surface area contributed by atoms with Crippen LogP contribution in [0.25, 0.3) is 11.3 Å². The fourth-order valence-corrected chi connectivity index (χ4v) is 1.60. The molecule has 0 saturated heterocycles. The highest BCUT2D eigenvalue weighted by molar-refractivity contribution is 9.10. The summed E-state index contributed by atoms with van der Waals surface area (Å²) in [6, 6.07) is 4.24. The van der Waals surface area contributed by atoms with Crippen LogP contribution in [0.2, 0.25) is 0 Å². The topological polar surface area (TPSA) is 63.3 Å². The first-order valence-corrected chi connectivity index (χ1v) is 5.01. The van der Waals surface area contributed by atoms with Gasteiger partial charge in [-0.15, -0.1) is 0 Å². The number of aromatic nitrogens is 1. The van der Waals surface area contributed by atoms with E-state index >= 15 is 0 Å². The molecule has 16 heavy (non-hydrogen) atoms. The van der Waals surface area contributed by atoms with Gasteiger partial charge in [0.15, 0.2) is 17.8 Å². The average Bonchev–Trinajstić information content (AvgIpc) is 2.66. The Labute approximate surface area is 97.9 Å². The van der Waals surface area contributed by atoms with Gasteiger partial charge >= 0.3 is 5.97 Å². The minimum absolute atomic E-state index is 0.0677. The lowest BCUT2D eigenvalue weighted by Gasteiger charge is -2.00. The Morgan fingerprint density at radius 2 is 2.25 bits per heavy atom. The minimum Gasteiger partial charge on any atom is -0.476 e. The van der Waals surface area contributed by atoms with Crippen molar-refractivity contribution in [3.63, 3.8) is 0 Å². The number of carboxylic acids is 1. The minimum atomic E-state index is -1.26. The second kappa shape index (κ2) is 4.05. The first-order chi connectivity index (χ1) is 7.59. The molecule has 0 atom stereocenters. The molecule has 0 radical (unpaired) electrons. The zero-order valence-corrected chi connectivity index (χ0v) is 9.36. The molecule has 0 bridgehead atoms. The van der Waals surface area contributed by atoms with Crippen molar-refractivity contribution < 1.29 is 18.7 Å². The largest absolute Gasteiger partial charge is 0.476 e. The standard InChI is InChI=1S/C10H5BrFNO3/c11-5-1-2-6(7(12)3-5)9-8(10(14)15)13-4-16-9/h1-4H,(H,14,15). The number of hydrogen-bond acceptors (Lipinski definition) is 3. The number of aromatic carboxylic acids is 1. The Bertz CT molecular complexity index is 553. The lowest BCUT2D eigenvalue weighted by atomic mass is 10.1. The fraction of sp³-hybridized carbons (Fsp3) is 0. The maximum Gasteiger partial charge on any atom is 0.358 e. The molecule has 2 aromatic rings. The van der Waals surface area contributed by atoms with Gasteiger partial charge in [0.1, 0.15) is 5.82 Å². The van der Waals surface area contributed by atoms with Gasteiger partial charge in [-0.25, -0.2) is 14.2 Å². The lowest BCUT2D eigenvalue weighted by Crippen LogP contribution is -1.99. The quantitative estimate of drug-likeness (QED) is 0.921. The van der Waals surface area contributed by atoms with Gasteiger partial charge in [-0.05, 0) is 18.2 Å². The van der Waals surface area contributed by atoms with Gasteiger partial charge < -0.3 is 9.52 Å². The smallest absolute Gasteiger partial charge is 0.358 e. The summed E-state index contributed by atoms with van der Waals surface area (Å²) in [5.74, 6) is -1.92. The van der Waals surface area contributed by atoms with E-state index in [1.807, 2.05) is 0 Å². The zero-order chi connectivity index (χ0) is 11.7. The molecular weight excluding hydrogens is 281 g/mol. The highest BCUT2D eigenvalue weighted by Gasteiger charge is 2.19. The summed E-state index contributed by atoms with van der Waals surface area (Å²) in [6.45, 7) is 0. The van der Waals surface area contributed by atoms with Crippen LogP contribution in [0.3, 0.4) is 0 Å². The molecule has 1 aromatic carbocycles. The third-order valence-corrected chi connectivity index (χ3v) is 2.44. The van der Waals surface area contributed by atoms with E-state index in [1.165, 1.54) is 12.1 Å². The number of halogens is 2. The molecule has 0 spiro atoms. The molecule has 0 amide bonds. The van der Waals surface area contributed by atoms with Crippen molar-refractivity contribution in [3.8, 4) is 11.3 Å². The van der Waals surface area contributed by atoms with Crippen LogP contribution in [0.4, 0.5) is 4.39 Å². The van der Waals surface area contributed by atoms with Crippen molar-refractivity contribution in [1.82, 2.24) is 4.98 Å². The van der Waals surface area contributed by atoms with Crippen LogP contribution < -0.4 is 0 Å². The molecule has 0 fully saturated rings. The first kappa shape index (κ1) is 10.8. The average molecular weight is 286 g/mol. The molecule has 0 aliphatic heterocycles. The molecule has 0 saturated carbocycles. The summed E-state index contributed by atoms with van der Waals surface area (Å²) in [5.41, 5.74) is -0.237.